The molecule has 4 aromatic rings. The Morgan fingerprint density at radius 1 is 0.857 bits per heavy atom. The standard InChI is InChI=1S/C27H29Cl3N4O/c1-2-3-4-5-6-7-8-15-34-18-31-25(20-10-12-21(28)13-11-20)26(34)27-32-24(33-35-27)17-19-9-14-22(29)23(30)16-19/h9-14,16,18H,2-8,15,17H2,1H3. The van der Waals surface area contributed by atoms with Gasteiger partial charge in [0.2, 0.25) is 0 Å². The van der Waals surface area contributed by atoms with Crippen molar-refractivity contribution in [1.82, 2.24) is 19.7 Å². The molecule has 0 aliphatic rings. The molecule has 0 fully saturated rings. The molecule has 2 aromatic carbocycles. The van der Waals surface area contributed by atoms with Crippen LogP contribution in [0.15, 0.2) is 53.3 Å². The lowest BCUT2D eigenvalue weighted by atomic mass is 10.1. The van der Waals surface area contributed by atoms with Crippen LogP contribution in [0, 0.1) is 0 Å². The molecule has 0 aliphatic heterocycles. The van der Waals surface area contributed by atoms with Crippen LogP contribution in [0.5, 0.6) is 0 Å². The van der Waals surface area contributed by atoms with Gasteiger partial charge in [-0.15, -0.1) is 0 Å². The molecule has 0 unspecified atom stereocenters. The minimum Gasteiger partial charge on any atom is -0.332 e. The number of halogens is 3. The summed E-state index contributed by atoms with van der Waals surface area (Å²) < 4.78 is 7.84. The second-order valence-electron chi connectivity index (χ2n) is 8.70. The zero-order valence-corrected chi connectivity index (χ0v) is 22.1. The third-order valence-electron chi connectivity index (χ3n) is 5.97. The minimum atomic E-state index is 0.449. The fourth-order valence-corrected chi connectivity index (χ4v) is 4.54. The first-order valence-electron chi connectivity index (χ1n) is 12.1. The summed E-state index contributed by atoms with van der Waals surface area (Å²) in [6, 6.07) is 13.1. The Morgan fingerprint density at radius 2 is 1.60 bits per heavy atom. The highest BCUT2D eigenvalue weighted by molar-refractivity contribution is 6.42. The average Bonchev–Trinajstić information content (AvgIpc) is 3.48. The average molecular weight is 532 g/mol. The number of nitrogens with zero attached hydrogens (tertiary/aromatic N) is 4. The predicted octanol–water partition coefficient (Wildman–Crippen LogP) is 8.90. The fraction of sp³-hybridized carbons (Fsp3) is 0.370. The third kappa shape index (κ3) is 6.87. The predicted molar refractivity (Wildman–Crippen MR) is 143 cm³/mol. The second-order valence-corrected chi connectivity index (χ2v) is 9.96. The zero-order chi connectivity index (χ0) is 24.6. The zero-order valence-electron chi connectivity index (χ0n) is 19.8. The van der Waals surface area contributed by atoms with Crippen molar-refractivity contribution in [3.05, 3.63) is 75.2 Å². The van der Waals surface area contributed by atoms with Crippen molar-refractivity contribution >= 4 is 34.8 Å². The lowest BCUT2D eigenvalue weighted by molar-refractivity contribution is 0.420. The van der Waals surface area contributed by atoms with E-state index in [9.17, 15) is 0 Å². The Labute approximate surface area is 221 Å². The van der Waals surface area contributed by atoms with Crippen LogP contribution < -0.4 is 0 Å². The van der Waals surface area contributed by atoms with E-state index in [1.54, 1.807) is 6.07 Å². The molecule has 0 saturated heterocycles. The van der Waals surface area contributed by atoms with Crippen molar-refractivity contribution in [2.75, 3.05) is 0 Å². The molecule has 0 saturated carbocycles. The van der Waals surface area contributed by atoms with Gasteiger partial charge in [-0.2, -0.15) is 4.98 Å². The van der Waals surface area contributed by atoms with E-state index in [0.29, 0.717) is 33.2 Å². The molecule has 8 heteroatoms. The lowest BCUT2D eigenvalue weighted by Gasteiger charge is -2.07. The molecule has 0 spiro atoms. The van der Waals surface area contributed by atoms with Gasteiger partial charge in [0.1, 0.15) is 11.4 Å². The van der Waals surface area contributed by atoms with E-state index in [-0.39, 0.29) is 0 Å². The first-order valence-corrected chi connectivity index (χ1v) is 13.3. The number of rotatable bonds is 12. The molecule has 0 bridgehead atoms. The van der Waals surface area contributed by atoms with E-state index in [4.69, 9.17) is 49.3 Å². The molecule has 0 aliphatic carbocycles. The lowest BCUT2D eigenvalue weighted by Crippen LogP contribution is -2.00. The van der Waals surface area contributed by atoms with Crippen LogP contribution in [-0.4, -0.2) is 19.7 Å². The summed E-state index contributed by atoms with van der Waals surface area (Å²) in [6.45, 7) is 3.08. The first-order chi connectivity index (χ1) is 17.0. The van der Waals surface area contributed by atoms with Crippen molar-refractivity contribution in [3.8, 4) is 22.8 Å². The Kier molecular flexibility index (Phi) is 9.25. The SMILES string of the molecule is CCCCCCCCCn1cnc(-c2ccc(Cl)cc2)c1-c1nc(Cc2ccc(Cl)c(Cl)c2)no1. The maximum Gasteiger partial charge on any atom is 0.276 e. The minimum absolute atomic E-state index is 0.449. The third-order valence-corrected chi connectivity index (χ3v) is 6.97. The van der Waals surface area contributed by atoms with Crippen LogP contribution in [0.25, 0.3) is 22.8 Å². The van der Waals surface area contributed by atoms with Crippen molar-refractivity contribution in [2.45, 2.75) is 64.8 Å². The van der Waals surface area contributed by atoms with Crippen LogP contribution in [0.2, 0.25) is 15.1 Å². The molecule has 0 radical (unpaired) electrons. The number of benzene rings is 2. The number of unbranched alkanes of at least 4 members (excludes halogenated alkanes) is 6. The Morgan fingerprint density at radius 3 is 2.34 bits per heavy atom. The van der Waals surface area contributed by atoms with Gasteiger partial charge in [-0.3, -0.25) is 0 Å². The molecule has 0 N–H and O–H groups in total. The number of hydrogen-bond donors (Lipinski definition) is 0. The Bertz CT molecular complexity index is 1230. The Balaban J connectivity index is 1.55. The van der Waals surface area contributed by atoms with Gasteiger partial charge in [0, 0.05) is 23.6 Å². The van der Waals surface area contributed by atoms with Crippen LogP contribution in [0.3, 0.4) is 0 Å². The van der Waals surface area contributed by atoms with Crippen LogP contribution >= 0.6 is 34.8 Å². The number of hydrogen-bond acceptors (Lipinski definition) is 4. The topological polar surface area (TPSA) is 56.7 Å². The Hall–Kier alpha value is -2.34. The molecule has 184 valence electrons. The summed E-state index contributed by atoms with van der Waals surface area (Å²) >= 11 is 18.3. The smallest absolute Gasteiger partial charge is 0.276 e. The van der Waals surface area contributed by atoms with Gasteiger partial charge >= 0.3 is 0 Å². The van der Waals surface area contributed by atoms with Gasteiger partial charge < -0.3 is 9.09 Å². The van der Waals surface area contributed by atoms with Crippen LogP contribution in [0.1, 0.15) is 63.3 Å². The molecule has 35 heavy (non-hydrogen) atoms. The molecule has 0 atom stereocenters. The first kappa shape index (κ1) is 25.7. The quantitative estimate of drug-likeness (QED) is 0.171. The fourth-order valence-electron chi connectivity index (χ4n) is 4.09. The molecular formula is C27H29Cl3N4O. The van der Waals surface area contributed by atoms with Crippen molar-refractivity contribution in [3.63, 3.8) is 0 Å². The van der Waals surface area contributed by atoms with E-state index in [1.165, 1.54) is 38.5 Å². The van der Waals surface area contributed by atoms with E-state index in [1.807, 2.05) is 42.7 Å². The summed E-state index contributed by atoms with van der Waals surface area (Å²) in [5.41, 5.74) is 3.54. The van der Waals surface area contributed by atoms with E-state index >= 15 is 0 Å². The maximum absolute atomic E-state index is 6.17. The molecule has 0 amide bonds. The van der Waals surface area contributed by atoms with Crippen molar-refractivity contribution < 1.29 is 4.52 Å². The van der Waals surface area contributed by atoms with E-state index in [2.05, 4.69) is 16.6 Å². The largest absolute Gasteiger partial charge is 0.332 e. The molecule has 5 nitrogen and oxygen atoms in total. The highest BCUT2D eigenvalue weighted by Gasteiger charge is 2.21. The van der Waals surface area contributed by atoms with Gasteiger partial charge in [-0.1, -0.05) is 104 Å². The van der Waals surface area contributed by atoms with Crippen molar-refractivity contribution in [2.24, 2.45) is 0 Å². The maximum atomic E-state index is 6.17. The number of imidazole rings is 1. The summed E-state index contributed by atoms with van der Waals surface area (Å²) in [4.78, 5) is 9.41. The summed E-state index contributed by atoms with van der Waals surface area (Å²) in [5, 5.41) is 5.93. The van der Waals surface area contributed by atoms with Crippen molar-refractivity contribution in [1.29, 1.82) is 0 Å². The molecule has 2 aromatic heterocycles. The number of aryl methyl sites for hydroxylation is 1. The van der Waals surface area contributed by atoms with Gasteiger partial charge in [0.25, 0.3) is 5.89 Å². The number of aromatic nitrogens is 4. The summed E-state index contributed by atoms with van der Waals surface area (Å²) in [5.74, 6) is 1.02. The second kappa shape index (κ2) is 12.6. The van der Waals surface area contributed by atoms with Gasteiger partial charge in [-0.05, 0) is 36.2 Å². The highest BCUT2D eigenvalue weighted by atomic mass is 35.5. The summed E-state index contributed by atoms with van der Waals surface area (Å²) in [6.07, 6.45) is 11.1. The van der Waals surface area contributed by atoms with Gasteiger partial charge in [-0.25, -0.2) is 4.98 Å². The molecular weight excluding hydrogens is 503 g/mol. The summed E-state index contributed by atoms with van der Waals surface area (Å²) in [7, 11) is 0. The van der Waals surface area contributed by atoms with Crippen LogP contribution in [-0.2, 0) is 13.0 Å². The van der Waals surface area contributed by atoms with E-state index < -0.39 is 0 Å². The van der Waals surface area contributed by atoms with E-state index in [0.717, 1.165) is 35.5 Å². The van der Waals surface area contributed by atoms with Gasteiger partial charge in [0.05, 0.1) is 16.4 Å². The van der Waals surface area contributed by atoms with Gasteiger partial charge in [0.15, 0.2) is 5.82 Å². The van der Waals surface area contributed by atoms with Crippen LogP contribution in [0.4, 0.5) is 0 Å². The molecule has 2 heterocycles. The normalized spacial score (nSPS) is 11.3. The molecule has 4 rings (SSSR count). The highest BCUT2D eigenvalue weighted by Crippen LogP contribution is 2.32. The monoisotopic (exact) mass is 530 g/mol.